The van der Waals surface area contributed by atoms with Crippen LogP contribution in [0.3, 0.4) is 0 Å². The second-order valence-corrected chi connectivity index (χ2v) is 7.24. The van der Waals surface area contributed by atoms with Crippen molar-refractivity contribution in [3.05, 3.63) is 24.2 Å². The Morgan fingerprint density at radius 3 is 3.12 bits per heavy atom. The molecule has 0 unspecified atom stereocenters. The molecule has 6 nitrogen and oxygen atoms in total. The van der Waals surface area contributed by atoms with Crippen molar-refractivity contribution in [2.45, 2.75) is 31.9 Å². The highest BCUT2D eigenvalue weighted by Crippen LogP contribution is 2.40. The number of likely N-dealkylation sites (N-methyl/N-ethyl adjacent to an activating group) is 1. The number of carbonyl (C=O) groups is 1. The van der Waals surface area contributed by atoms with Crippen molar-refractivity contribution < 1.29 is 18.7 Å². The number of fused-ring (bicyclic) bond motifs is 1. The van der Waals surface area contributed by atoms with Gasteiger partial charge in [-0.15, -0.1) is 0 Å². The summed E-state index contributed by atoms with van der Waals surface area (Å²) >= 11 is 0. The average molecular weight is 336 g/mol. The SMILES string of the molecule is CN(C)C(=O)COC[C@@]12CCCO[C@@H]1CCN(Cc1ccoc1)C2. The van der Waals surface area contributed by atoms with Crippen LogP contribution in [0.25, 0.3) is 0 Å². The van der Waals surface area contributed by atoms with Gasteiger partial charge in [-0.2, -0.15) is 0 Å². The molecule has 0 aromatic carbocycles. The van der Waals surface area contributed by atoms with Crippen molar-refractivity contribution in [3.63, 3.8) is 0 Å². The van der Waals surface area contributed by atoms with Gasteiger partial charge >= 0.3 is 0 Å². The molecule has 3 rings (SSSR count). The van der Waals surface area contributed by atoms with E-state index in [1.54, 1.807) is 25.3 Å². The third-order valence-electron chi connectivity index (χ3n) is 5.17. The standard InChI is InChI=1S/C18H28N2O4/c1-19(2)17(21)12-23-14-18-6-3-8-24-16(18)4-7-20(13-18)10-15-5-9-22-11-15/h5,9,11,16H,3-4,6-8,10,12-14H2,1-2H3/t16-,18+/m1/s1. The molecule has 2 saturated heterocycles. The number of furan rings is 1. The number of nitrogens with zero attached hydrogens (tertiary/aromatic N) is 2. The average Bonchev–Trinajstić information content (AvgIpc) is 3.07. The number of hydrogen-bond donors (Lipinski definition) is 0. The highest BCUT2D eigenvalue weighted by Gasteiger charge is 2.46. The lowest BCUT2D eigenvalue weighted by molar-refractivity contribution is -0.160. The quantitative estimate of drug-likeness (QED) is 0.792. The normalized spacial score (nSPS) is 27.7. The summed E-state index contributed by atoms with van der Waals surface area (Å²) in [5.74, 6) is 0.00532. The molecule has 0 saturated carbocycles. The van der Waals surface area contributed by atoms with Crippen LogP contribution in [0.1, 0.15) is 24.8 Å². The van der Waals surface area contributed by atoms with Crippen LogP contribution >= 0.6 is 0 Å². The molecule has 2 fully saturated rings. The smallest absolute Gasteiger partial charge is 0.248 e. The Hall–Kier alpha value is -1.37. The first-order chi connectivity index (χ1) is 11.6. The van der Waals surface area contributed by atoms with Gasteiger partial charge in [0.2, 0.25) is 5.91 Å². The third kappa shape index (κ3) is 3.99. The lowest BCUT2D eigenvalue weighted by Crippen LogP contribution is -2.56. The number of hydrogen-bond acceptors (Lipinski definition) is 5. The number of ether oxygens (including phenoxy) is 2. The number of piperidine rings is 1. The minimum atomic E-state index is -0.00711. The molecule has 0 bridgehead atoms. The van der Waals surface area contributed by atoms with Crippen LogP contribution in [0.15, 0.2) is 23.0 Å². The Kier molecular flexibility index (Phi) is 5.58. The molecule has 0 N–H and O–H groups in total. The maximum absolute atomic E-state index is 11.8. The summed E-state index contributed by atoms with van der Waals surface area (Å²) in [4.78, 5) is 15.8. The van der Waals surface area contributed by atoms with Crippen LogP contribution in [0.5, 0.6) is 0 Å². The number of amides is 1. The Balaban J connectivity index is 1.62. The highest BCUT2D eigenvalue weighted by atomic mass is 16.5. The van der Waals surface area contributed by atoms with Crippen LogP contribution in [0, 0.1) is 5.41 Å². The first-order valence-electron chi connectivity index (χ1n) is 8.72. The first kappa shape index (κ1) is 17.5. The largest absolute Gasteiger partial charge is 0.472 e. The van der Waals surface area contributed by atoms with Gasteiger partial charge in [-0.05, 0) is 25.3 Å². The van der Waals surface area contributed by atoms with Crippen molar-refractivity contribution in [2.24, 2.45) is 5.41 Å². The monoisotopic (exact) mass is 336 g/mol. The molecule has 24 heavy (non-hydrogen) atoms. The third-order valence-corrected chi connectivity index (χ3v) is 5.17. The molecular formula is C18H28N2O4. The van der Waals surface area contributed by atoms with E-state index in [0.29, 0.717) is 6.61 Å². The fraction of sp³-hybridized carbons (Fsp3) is 0.722. The van der Waals surface area contributed by atoms with Crippen molar-refractivity contribution in [2.75, 3.05) is 47.0 Å². The van der Waals surface area contributed by atoms with Crippen LogP contribution in [-0.2, 0) is 20.8 Å². The molecule has 1 aromatic heterocycles. The lowest BCUT2D eigenvalue weighted by atomic mass is 9.73. The predicted octanol–water partition coefficient (Wildman–Crippen LogP) is 1.76. The Labute approximate surface area is 143 Å². The van der Waals surface area contributed by atoms with Gasteiger partial charge in [-0.25, -0.2) is 0 Å². The summed E-state index contributed by atoms with van der Waals surface area (Å²) in [7, 11) is 3.51. The Morgan fingerprint density at radius 2 is 2.38 bits per heavy atom. The fourth-order valence-electron chi connectivity index (χ4n) is 3.84. The summed E-state index contributed by atoms with van der Waals surface area (Å²) in [5.41, 5.74) is 1.19. The topological polar surface area (TPSA) is 55.2 Å². The molecule has 2 atom stereocenters. The van der Waals surface area contributed by atoms with E-state index in [4.69, 9.17) is 13.9 Å². The molecule has 1 amide bonds. The van der Waals surface area contributed by atoms with Crippen LogP contribution in [-0.4, -0.2) is 68.8 Å². The minimum absolute atomic E-state index is 0.00532. The van der Waals surface area contributed by atoms with Crippen molar-refractivity contribution in [1.82, 2.24) is 9.80 Å². The number of rotatable bonds is 6. The van der Waals surface area contributed by atoms with E-state index in [0.717, 1.165) is 45.5 Å². The molecule has 0 radical (unpaired) electrons. The molecule has 0 aliphatic carbocycles. The van der Waals surface area contributed by atoms with Gasteiger partial charge in [0.15, 0.2) is 0 Å². The molecule has 2 aliphatic rings. The number of carbonyl (C=O) groups excluding carboxylic acids is 1. The molecule has 6 heteroatoms. The molecule has 3 heterocycles. The van der Waals surface area contributed by atoms with E-state index in [1.807, 2.05) is 12.3 Å². The van der Waals surface area contributed by atoms with Crippen LogP contribution in [0.2, 0.25) is 0 Å². The maximum Gasteiger partial charge on any atom is 0.248 e. The number of likely N-dealkylation sites (tertiary alicyclic amines) is 1. The minimum Gasteiger partial charge on any atom is -0.472 e. The lowest BCUT2D eigenvalue weighted by Gasteiger charge is -2.50. The summed E-state index contributed by atoms with van der Waals surface area (Å²) in [6.45, 7) is 4.42. The second kappa shape index (κ2) is 7.68. The summed E-state index contributed by atoms with van der Waals surface area (Å²) in [6.07, 6.45) is 6.93. The highest BCUT2D eigenvalue weighted by molar-refractivity contribution is 5.76. The zero-order chi connectivity index (χ0) is 17.0. The molecule has 2 aliphatic heterocycles. The van der Waals surface area contributed by atoms with Gasteiger partial charge in [0.1, 0.15) is 6.61 Å². The van der Waals surface area contributed by atoms with Gasteiger partial charge in [0, 0.05) is 51.3 Å². The molecule has 1 aromatic rings. The predicted molar refractivity (Wildman–Crippen MR) is 89.5 cm³/mol. The molecular weight excluding hydrogens is 308 g/mol. The zero-order valence-corrected chi connectivity index (χ0v) is 14.7. The van der Waals surface area contributed by atoms with Gasteiger partial charge in [0.25, 0.3) is 0 Å². The summed E-state index contributed by atoms with van der Waals surface area (Å²) < 4.78 is 17.1. The van der Waals surface area contributed by atoms with Gasteiger partial charge < -0.3 is 18.8 Å². The molecule has 0 spiro atoms. The second-order valence-electron chi connectivity index (χ2n) is 7.24. The van der Waals surface area contributed by atoms with Crippen molar-refractivity contribution in [3.8, 4) is 0 Å². The molecule has 134 valence electrons. The van der Waals surface area contributed by atoms with Gasteiger partial charge in [0.05, 0.1) is 25.2 Å². The van der Waals surface area contributed by atoms with E-state index in [-0.39, 0.29) is 24.0 Å². The van der Waals surface area contributed by atoms with E-state index in [2.05, 4.69) is 4.90 Å². The summed E-state index contributed by atoms with van der Waals surface area (Å²) in [6, 6.07) is 2.02. The van der Waals surface area contributed by atoms with Crippen LogP contribution in [0.4, 0.5) is 0 Å². The maximum atomic E-state index is 11.8. The van der Waals surface area contributed by atoms with Gasteiger partial charge in [-0.3, -0.25) is 9.69 Å². The van der Waals surface area contributed by atoms with Gasteiger partial charge in [-0.1, -0.05) is 0 Å². The zero-order valence-electron chi connectivity index (χ0n) is 14.7. The summed E-state index contributed by atoms with van der Waals surface area (Å²) in [5, 5.41) is 0. The fourth-order valence-corrected chi connectivity index (χ4v) is 3.84. The first-order valence-corrected chi connectivity index (χ1v) is 8.72. The van der Waals surface area contributed by atoms with E-state index in [1.165, 1.54) is 5.56 Å². The van der Waals surface area contributed by atoms with Crippen molar-refractivity contribution in [1.29, 1.82) is 0 Å². The van der Waals surface area contributed by atoms with Crippen LogP contribution < -0.4 is 0 Å². The Morgan fingerprint density at radius 1 is 1.50 bits per heavy atom. The van der Waals surface area contributed by atoms with Crippen molar-refractivity contribution >= 4 is 5.91 Å². The van der Waals surface area contributed by atoms with E-state index >= 15 is 0 Å². The van der Waals surface area contributed by atoms with E-state index in [9.17, 15) is 4.79 Å². The van der Waals surface area contributed by atoms with E-state index < -0.39 is 0 Å². The Bertz CT molecular complexity index is 531.